The number of aryl methyl sites for hydroxylation is 1. The number of nitrogens with one attached hydrogen (secondary N) is 2. The van der Waals surface area contributed by atoms with Crippen LogP contribution in [0.4, 0.5) is 0 Å². The smallest absolute Gasteiger partial charge is 0.229 e. The zero-order chi connectivity index (χ0) is 19.8. The lowest BCUT2D eigenvalue weighted by molar-refractivity contribution is -0.136. The van der Waals surface area contributed by atoms with E-state index in [1.165, 1.54) is 0 Å². The van der Waals surface area contributed by atoms with Crippen LogP contribution < -0.4 is 10.9 Å². The standard InChI is InChI=1S/C23H27N5O/c1-27-20-12-6-5-11-19(20)25-22(27)17-10-7-13-28(15-17)23(29)18-14-24-26-21(18)16-8-3-2-4-9-16/h2-6,8-9,11-12,17-18,21,24,26H,7,10,13-15H2,1H3. The monoisotopic (exact) mass is 389 g/mol. The van der Waals surface area contributed by atoms with Crippen molar-refractivity contribution in [3.8, 4) is 0 Å². The number of hydrogen-bond acceptors (Lipinski definition) is 4. The van der Waals surface area contributed by atoms with Gasteiger partial charge in [0.25, 0.3) is 0 Å². The van der Waals surface area contributed by atoms with Gasteiger partial charge in [-0.05, 0) is 30.5 Å². The van der Waals surface area contributed by atoms with Crippen molar-refractivity contribution < 1.29 is 4.79 Å². The molecule has 0 radical (unpaired) electrons. The number of likely N-dealkylation sites (tertiary alicyclic amines) is 1. The third-order valence-electron chi connectivity index (χ3n) is 6.38. The summed E-state index contributed by atoms with van der Waals surface area (Å²) >= 11 is 0. The molecule has 5 rings (SSSR count). The van der Waals surface area contributed by atoms with Gasteiger partial charge in [-0.15, -0.1) is 0 Å². The molecule has 6 heteroatoms. The van der Waals surface area contributed by atoms with Gasteiger partial charge in [-0.25, -0.2) is 10.4 Å². The second kappa shape index (κ2) is 7.61. The van der Waals surface area contributed by atoms with Gasteiger partial charge < -0.3 is 9.47 Å². The van der Waals surface area contributed by atoms with E-state index in [0.717, 1.165) is 48.4 Å². The molecule has 1 aromatic heterocycles. The van der Waals surface area contributed by atoms with Gasteiger partial charge >= 0.3 is 0 Å². The van der Waals surface area contributed by atoms with E-state index < -0.39 is 0 Å². The molecule has 2 N–H and O–H groups in total. The number of nitrogens with zero attached hydrogens (tertiary/aromatic N) is 3. The van der Waals surface area contributed by atoms with E-state index in [1.54, 1.807) is 0 Å². The first-order valence-corrected chi connectivity index (χ1v) is 10.5. The number of aromatic nitrogens is 2. The molecule has 3 heterocycles. The quantitative estimate of drug-likeness (QED) is 0.723. The molecule has 3 unspecified atom stereocenters. The Kier molecular flexibility index (Phi) is 4.81. The molecule has 29 heavy (non-hydrogen) atoms. The first-order chi connectivity index (χ1) is 14.2. The van der Waals surface area contributed by atoms with Crippen molar-refractivity contribution in [2.75, 3.05) is 19.6 Å². The summed E-state index contributed by atoms with van der Waals surface area (Å²) in [5.41, 5.74) is 9.83. The molecule has 2 aliphatic heterocycles. The van der Waals surface area contributed by atoms with Crippen molar-refractivity contribution in [1.82, 2.24) is 25.3 Å². The van der Waals surface area contributed by atoms with Crippen molar-refractivity contribution >= 4 is 16.9 Å². The summed E-state index contributed by atoms with van der Waals surface area (Å²) in [5, 5.41) is 0. The van der Waals surface area contributed by atoms with E-state index in [2.05, 4.69) is 51.6 Å². The summed E-state index contributed by atoms with van der Waals surface area (Å²) in [5.74, 6) is 1.52. The molecule has 2 fully saturated rings. The summed E-state index contributed by atoms with van der Waals surface area (Å²) in [6, 6.07) is 18.5. The Balaban J connectivity index is 1.36. The van der Waals surface area contributed by atoms with Gasteiger partial charge in [0.2, 0.25) is 5.91 Å². The Morgan fingerprint density at radius 2 is 1.90 bits per heavy atom. The molecule has 0 spiro atoms. The Morgan fingerprint density at radius 1 is 1.10 bits per heavy atom. The normalized spacial score (nSPS) is 24.9. The molecule has 3 atom stereocenters. The number of benzene rings is 2. The van der Waals surface area contributed by atoms with E-state index >= 15 is 0 Å². The molecular weight excluding hydrogens is 362 g/mol. The highest BCUT2D eigenvalue weighted by Gasteiger charge is 2.38. The average Bonchev–Trinajstić information content (AvgIpc) is 3.39. The molecule has 2 saturated heterocycles. The van der Waals surface area contributed by atoms with Crippen LogP contribution in [-0.4, -0.2) is 40.0 Å². The van der Waals surface area contributed by atoms with Gasteiger partial charge in [-0.2, -0.15) is 0 Å². The molecule has 0 saturated carbocycles. The highest BCUT2D eigenvalue weighted by Crippen LogP contribution is 2.32. The van der Waals surface area contributed by atoms with E-state index in [4.69, 9.17) is 4.98 Å². The minimum absolute atomic E-state index is 0.0137. The van der Waals surface area contributed by atoms with Crippen LogP contribution in [0.25, 0.3) is 11.0 Å². The third-order valence-corrected chi connectivity index (χ3v) is 6.38. The number of hydrogen-bond donors (Lipinski definition) is 2. The second-order valence-electron chi connectivity index (χ2n) is 8.16. The topological polar surface area (TPSA) is 62.2 Å². The fourth-order valence-electron chi connectivity index (χ4n) is 4.86. The predicted molar refractivity (Wildman–Crippen MR) is 113 cm³/mol. The lowest BCUT2D eigenvalue weighted by atomic mass is 9.91. The van der Waals surface area contributed by atoms with Crippen LogP contribution in [0.2, 0.25) is 0 Å². The molecule has 150 valence electrons. The third kappa shape index (κ3) is 3.32. The molecule has 0 bridgehead atoms. The van der Waals surface area contributed by atoms with Crippen molar-refractivity contribution in [3.05, 3.63) is 66.0 Å². The fraction of sp³-hybridized carbons (Fsp3) is 0.391. The minimum Gasteiger partial charge on any atom is -0.342 e. The number of rotatable bonds is 3. The number of fused-ring (bicyclic) bond motifs is 1. The molecule has 2 aliphatic rings. The number of amides is 1. The van der Waals surface area contributed by atoms with Gasteiger partial charge in [0, 0.05) is 32.6 Å². The van der Waals surface area contributed by atoms with Gasteiger partial charge in [-0.1, -0.05) is 42.5 Å². The van der Waals surface area contributed by atoms with Crippen molar-refractivity contribution in [1.29, 1.82) is 0 Å². The molecule has 2 aromatic carbocycles. The number of hydrazine groups is 1. The maximum Gasteiger partial charge on any atom is 0.229 e. The Labute approximate surface area is 170 Å². The first kappa shape index (κ1) is 18.3. The van der Waals surface area contributed by atoms with Crippen molar-refractivity contribution in [2.45, 2.75) is 24.8 Å². The summed E-state index contributed by atoms with van der Waals surface area (Å²) < 4.78 is 2.19. The van der Waals surface area contributed by atoms with Crippen LogP contribution in [0.1, 0.15) is 36.2 Å². The maximum atomic E-state index is 13.4. The van der Waals surface area contributed by atoms with E-state index in [0.29, 0.717) is 6.54 Å². The highest BCUT2D eigenvalue weighted by atomic mass is 16.2. The van der Waals surface area contributed by atoms with E-state index in [9.17, 15) is 4.79 Å². The number of imidazole rings is 1. The number of piperidine rings is 1. The Bertz CT molecular complexity index is 1010. The SMILES string of the molecule is Cn1c(C2CCCN(C(=O)C3CNNC3c3ccccc3)C2)nc2ccccc21. The summed E-state index contributed by atoms with van der Waals surface area (Å²) in [7, 11) is 2.08. The zero-order valence-electron chi connectivity index (χ0n) is 16.7. The Morgan fingerprint density at radius 3 is 2.72 bits per heavy atom. The molecule has 1 amide bonds. The van der Waals surface area contributed by atoms with Crippen LogP contribution in [0.3, 0.4) is 0 Å². The van der Waals surface area contributed by atoms with Crippen LogP contribution in [0, 0.1) is 5.92 Å². The summed E-state index contributed by atoms with van der Waals surface area (Å²) in [4.78, 5) is 20.4. The summed E-state index contributed by atoms with van der Waals surface area (Å²) in [6.45, 7) is 2.23. The Hall–Kier alpha value is -2.70. The average molecular weight is 390 g/mol. The van der Waals surface area contributed by atoms with Crippen LogP contribution in [-0.2, 0) is 11.8 Å². The van der Waals surface area contributed by atoms with Crippen molar-refractivity contribution in [3.63, 3.8) is 0 Å². The fourth-order valence-corrected chi connectivity index (χ4v) is 4.86. The highest BCUT2D eigenvalue weighted by molar-refractivity contribution is 5.81. The van der Waals surface area contributed by atoms with E-state index in [1.807, 2.05) is 30.3 Å². The van der Waals surface area contributed by atoms with Gasteiger partial charge in [0.1, 0.15) is 5.82 Å². The lowest BCUT2D eigenvalue weighted by Crippen LogP contribution is -2.44. The minimum atomic E-state index is -0.0865. The zero-order valence-corrected chi connectivity index (χ0v) is 16.7. The van der Waals surface area contributed by atoms with Gasteiger partial charge in [0.05, 0.1) is 23.0 Å². The molecular formula is C23H27N5O. The van der Waals surface area contributed by atoms with Gasteiger partial charge in [-0.3, -0.25) is 10.2 Å². The van der Waals surface area contributed by atoms with Gasteiger partial charge in [0.15, 0.2) is 0 Å². The number of carbonyl (C=O) groups is 1. The van der Waals surface area contributed by atoms with Crippen LogP contribution >= 0.6 is 0 Å². The predicted octanol–water partition coefficient (Wildman–Crippen LogP) is 2.74. The number of para-hydroxylation sites is 2. The van der Waals surface area contributed by atoms with Crippen LogP contribution in [0.5, 0.6) is 0 Å². The lowest BCUT2D eigenvalue weighted by Gasteiger charge is -2.35. The van der Waals surface area contributed by atoms with Crippen molar-refractivity contribution in [2.24, 2.45) is 13.0 Å². The maximum absolute atomic E-state index is 13.4. The largest absolute Gasteiger partial charge is 0.342 e. The van der Waals surface area contributed by atoms with Crippen LogP contribution in [0.15, 0.2) is 54.6 Å². The summed E-state index contributed by atoms with van der Waals surface area (Å²) in [6.07, 6.45) is 2.09. The second-order valence-corrected chi connectivity index (χ2v) is 8.16. The number of carbonyl (C=O) groups excluding carboxylic acids is 1. The first-order valence-electron chi connectivity index (χ1n) is 10.5. The molecule has 6 nitrogen and oxygen atoms in total. The molecule has 0 aliphatic carbocycles. The molecule has 3 aromatic rings. The van der Waals surface area contributed by atoms with E-state index in [-0.39, 0.29) is 23.8 Å².